The number of rotatable bonds is 5. The number of nitrogen functional groups attached to an aromatic ring is 1. The predicted molar refractivity (Wildman–Crippen MR) is 127 cm³/mol. The van der Waals surface area contributed by atoms with Gasteiger partial charge < -0.3 is 16.5 Å². The molecule has 3 aromatic rings. The first-order valence-corrected chi connectivity index (χ1v) is 11.6. The lowest BCUT2D eigenvalue weighted by Gasteiger charge is -2.35. The van der Waals surface area contributed by atoms with Crippen molar-refractivity contribution >= 4 is 16.7 Å². The van der Waals surface area contributed by atoms with Crippen molar-refractivity contribution in [1.82, 2.24) is 19.5 Å². The standard InChI is InChI=1S/C24H31N7O/c25-19(23-28-21-8-4-2-6-18(21)24(32)31(23)26)11-12-29-13-15-30(16-14-29)22-10-9-17-5-1-3-7-20(17)27-22/h1,3,5,7,9-10,19H,2,4,6,8,11-16,25-26H2. The molecule has 1 atom stereocenters. The molecule has 0 radical (unpaired) electrons. The summed E-state index contributed by atoms with van der Waals surface area (Å²) in [6, 6.07) is 12.1. The minimum absolute atomic E-state index is 0.128. The van der Waals surface area contributed by atoms with E-state index in [1.54, 1.807) is 0 Å². The monoisotopic (exact) mass is 433 g/mol. The highest BCUT2D eigenvalue weighted by molar-refractivity contribution is 5.80. The summed E-state index contributed by atoms with van der Waals surface area (Å²) in [6.45, 7) is 4.62. The van der Waals surface area contributed by atoms with Crippen molar-refractivity contribution in [2.45, 2.75) is 38.1 Å². The highest BCUT2D eigenvalue weighted by Crippen LogP contribution is 2.21. The molecule has 2 aromatic heterocycles. The van der Waals surface area contributed by atoms with Gasteiger partial charge in [0.05, 0.1) is 17.3 Å². The van der Waals surface area contributed by atoms with Gasteiger partial charge in [-0.1, -0.05) is 18.2 Å². The number of nitrogens with two attached hydrogens (primary N) is 2. The van der Waals surface area contributed by atoms with Crippen LogP contribution in [0.2, 0.25) is 0 Å². The first-order valence-electron chi connectivity index (χ1n) is 11.6. The van der Waals surface area contributed by atoms with Gasteiger partial charge in [-0.3, -0.25) is 9.69 Å². The van der Waals surface area contributed by atoms with Gasteiger partial charge in [-0.25, -0.2) is 14.6 Å². The molecule has 1 aromatic carbocycles. The summed E-state index contributed by atoms with van der Waals surface area (Å²) in [5.41, 5.74) is 9.00. The first kappa shape index (κ1) is 20.9. The molecule has 1 aliphatic heterocycles. The van der Waals surface area contributed by atoms with E-state index >= 15 is 0 Å². The smallest absolute Gasteiger partial charge is 0.275 e. The summed E-state index contributed by atoms with van der Waals surface area (Å²) in [7, 11) is 0. The minimum atomic E-state index is -0.347. The van der Waals surface area contributed by atoms with E-state index in [0.717, 1.165) is 92.8 Å². The van der Waals surface area contributed by atoms with Crippen molar-refractivity contribution in [3.63, 3.8) is 0 Å². The van der Waals surface area contributed by atoms with Gasteiger partial charge in [0, 0.05) is 43.7 Å². The summed E-state index contributed by atoms with van der Waals surface area (Å²) in [4.78, 5) is 26.9. The van der Waals surface area contributed by atoms with Crippen LogP contribution >= 0.6 is 0 Å². The third-order valence-corrected chi connectivity index (χ3v) is 6.78. The number of hydrogen-bond acceptors (Lipinski definition) is 7. The second-order valence-corrected chi connectivity index (χ2v) is 8.86. The van der Waals surface area contributed by atoms with Gasteiger partial charge in [0.2, 0.25) is 0 Å². The van der Waals surface area contributed by atoms with Crippen molar-refractivity contribution < 1.29 is 0 Å². The van der Waals surface area contributed by atoms with Gasteiger partial charge in [0.25, 0.3) is 5.56 Å². The van der Waals surface area contributed by atoms with Crippen LogP contribution in [0.5, 0.6) is 0 Å². The van der Waals surface area contributed by atoms with Crippen molar-refractivity contribution in [2.75, 3.05) is 43.5 Å². The number of piperazine rings is 1. The number of aromatic nitrogens is 3. The summed E-state index contributed by atoms with van der Waals surface area (Å²) < 4.78 is 1.18. The van der Waals surface area contributed by atoms with Gasteiger partial charge in [-0.05, 0) is 50.3 Å². The maximum atomic E-state index is 12.6. The molecule has 3 heterocycles. The number of anilines is 1. The number of benzene rings is 1. The van der Waals surface area contributed by atoms with Gasteiger partial charge in [-0.2, -0.15) is 0 Å². The number of para-hydroxylation sites is 1. The van der Waals surface area contributed by atoms with E-state index in [0.29, 0.717) is 5.82 Å². The normalized spacial score (nSPS) is 18.0. The highest BCUT2D eigenvalue weighted by Gasteiger charge is 2.23. The van der Waals surface area contributed by atoms with Gasteiger partial charge >= 0.3 is 0 Å². The lowest BCUT2D eigenvalue weighted by molar-refractivity contribution is 0.246. The van der Waals surface area contributed by atoms with E-state index in [-0.39, 0.29) is 11.6 Å². The Kier molecular flexibility index (Phi) is 5.80. The topological polar surface area (TPSA) is 106 Å². The van der Waals surface area contributed by atoms with E-state index < -0.39 is 0 Å². The molecular formula is C24H31N7O. The quantitative estimate of drug-likeness (QED) is 0.589. The molecular weight excluding hydrogens is 402 g/mol. The summed E-state index contributed by atoms with van der Waals surface area (Å²) in [6.07, 6.45) is 4.42. The van der Waals surface area contributed by atoms with Crippen LogP contribution in [0, 0.1) is 0 Å². The lowest BCUT2D eigenvalue weighted by Crippen LogP contribution is -2.47. The average Bonchev–Trinajstić information content (AvgIpc) is 2.85. The minimum Gasteiger partial charge on any atom is -0.354 e. The van der Waals surface area contributed by atoms with Crippen molar-refractivity contribution in [3.05, 3.63) is 63.8 Å². The Morgan fingerprint density at radius 2 is 1.75 bits per heavy atom. The Morgan fingerprint density at radius 3 is 2.59 bits per heavy atom. The second kappa shape index (κ2) is 8.88. The van der Waals surface area contributed by atoms with E-state index in [4.69, 9.17) is 21.5 Å². The summed E-state index contributed by atoms with van der Waals surface area (Å²) in [5.74, 6) is 7.61. The molecule has 1 aliphatic carbocycles. The van der Waals surface area contributed by atoms with Crippen LogP contribution < -0.4 is 22.0 Å². The Labute approximate surface area is 187 Å². The molecule has 4 N–H and O–H groups in total. The van der Waals surface area contributed by atoms with Crippen molar-refractivity contribution in [3.8, 4) is 0 Å². The van der Waals surface area contributed by atoms with Crippen LogP contribution in [-0.2, 0) is 12.8 Å². The molecule has 1 fully saturated rings. The van der Waals surface area contributed by atoms with Crippen LogP contribution in [0.15, 0.2) is 41.2 Å². The zero-order chi connectivity index (χ0) is 22.1. The summed E-state index contributed by atoms with van der Waals surface area (Å²) >= 11 is 0. The van der Waals surface area contributed by atoms with Gasteiger partial charge in [0.15, 0.2) is 0 Å². The van der Waals surface area contributed by atoms with Crippen LogP contribution in [0.1, 0.15) is 42.4 Å². The SMILES string of the molecule is NC(CCN1CCN(c2ccc3ccccc3n2)CC1)c1nc2c(c(=O)n1N)CCCC2. The zero-order valence-electron chi connectivity index (χ0n) is 18.4. The zero-order valence-corrected chi connectivity index (χ0v) is 18.4. The van der Waals surface area contributed by atoms with Crippen LogP contribution in [-0.4, -0.2) is 52.3 Å². The molecule has 8 nitrogen and oxygen atoms in total. The summed E-state index contributed by atoms with van der Waals surface area (Å²) in [5, 5.41) is 1.16. The van der Waals surface area contributed by atoms with E-state index in [9.17, 15) is 4.79 Å². The fraction of sp³-hybridized carbons (Fsp3) is 0.458. The number of fused-ring (bicyclic) bond motifs is 2. The molecule has 32 heavy (non-hydrogen) atoms. The van der Waals surface area contributed by atoms with E-state index in [1.165, 1.54) is 4.68 Å². The third kappa shape index (κ3) is 4.08. The van der Waals surface area contributed by atoms with Crippen molar-refractivity contribution in [1.29, 1.82) is 0 Å². The maximum absolute atomic E-state index is 12.6. The molecule has 8 heteroatoms. The molecule has 0 saturated carbocycles. The molecule has 1 unspecified atom stereocenters. The third-order valence-electron chi connectivity index (χ3n) is 6.78. The van der Waals surface area contributed by atoms with Crippen LogP contribution in [0.3, 0.4) is 0 Å². The first-order chi connectivity index (χ1) is 15.6. The average molecular weight is 434 g/mol. The molecule has 2 aliphatic rings. The van der Waals surface area contributed by atoms with Crippen LogP contribution in [0.25, 0.3) is 10.9 Å². The second-order valence-electron chi connectivity index (χ2n) is 8.86. The van der Waals surface area contributed by atoms with Crippen molar-refractivity contribution in [2.24, 2.45) is 5.73 Å². The fourth-order valence-corrected chi connectivity index (χ4v) is 4.83. The fourth-order valence-electron chi connectivity index (χ4n) is 4.83. The predicted octanol–water partition coefficient (Wildman–Crippen LogP) is 1.60. The molecule has 5 rings (SSSR count). The highest BCUT2D eigenvalue weighted by atomic mass is 16.1. The Morgan fingerprint density at radius 1 is 0.969 bits per heavy atom. The Bertz CT molecular complexity index is 1170. The molecule has 0 spiro atoms. The van der Waals surface area contributed by atoms with Gasteiger partial charge in [0.1, 0.15) is 11.6 Å². The number of pyridine rings is 1. The molecule has 1 saturated heterocycles. The number of hydrogen-bond donors (Lipinski definition) is 2. The van der Waals surface area contributed by atoms with E-state index in [1.807, 2.05) is 12.1 Å². The largest absolute Gasteiger partial charge is 0.354 e. The van der Waals surface area contributed by atoms with E-state index in [2.05, 4.69) is 34.1 Å². The number of aryl methyl sites for hydroxylation is 1. The molecule has 0 bridgehead atoms. The number of nitrogens with zero attached hydrogens (tertiary/aromatic N) is 5. The Hall–Kier alpha value is -2.97. The van der Waals surface area contributed by atoms with Crippen LogP contribution in [0.4, 0.5) is 5.82 Å². The molecule has 168 valence electrons. The van der Waals surface area contributed by atoms with Gasteiger partial charge in [-0.15, -0.1) is 0 Å². The lowest BCUT2D eigenvalue weighted by atomic mass is 9.97. The Balaban J connectivity index is 1.19. The molecule has 0 amide bonds. The maximum Gasteiger partial charge on any atom is 0.275 e.